The summed E-state index contributed by atoms with van der Waals surface area (Å²) >= 11 is 19.2. The molecule has 1 aromatic carbocycles. The molecule has 114 valence electrons. The molecule has 0 fully saturated rings. The molecule has 1 heterocycles. The summed E-state index contributed by atoms with van der Waals surface area (Å²) in [5.74, 6) is 0. The Hall–Kier alpha value is 0.0400. The van der Waals surface area contributed by atoms with Crippen LogP contribution >= 0.6 is 68.5 Å². The van der Waals surface area contributed by atoms with Crippen molar-refractivity contribution in [3.63, 3.8) is 0 Å². The van der Waals surface area contributed by atoms with E-state index in [1.165, 1.54) is 45.9 Å². The Kier molecular flexibility index (Phi) is 5.86. The minimum atomic E-state index is -1.73. The van der Waals surface area contributed by atoms with Crippen LogP contribution in [0, 0.1) is 10.1 Å². The van der Waals surface area contributed by atoms with Gasteiger partial charge in [0, 0.05) is 44.7 Å². The lowest BCUT2D eigenvalue weighted by molar-refractivity contribution is -0.385. The molecule has 0 atom stereocenters. The number of non-ortho nitro benzene ring substituents is 1. The number of hydrazine groups is 1. The van der Waals surface area contributed by atoms with E-state index in [1.54, 1.807) is 6.07 Å². The lowest BCUT2D eigenvalue weighted by Crippen LogP contribution is -2.13. The third-order valence-corrected chi connectivity index (χ3v) is 6.35. The molecule has 0 amide bonds. The number of hydrogen-bond acceptors (Lipinski definition) is 7. The molecule has 1 N–H and O–H groups in total. The van der Waals surface area contributed by atoms with Crippen molar-refractivity contribution in [3.8, 4) is 0 Å². The van der Waals surface area contributed by atoms with Crippen LogP contribution in [0.15, 0.2) is 34.2 Å². The first-order chi connectivity index (χ1) is 9.77. The summed E-state index contributed by atoms with van der Waals surface area (Å²) in [6, 6.07) is 4.24. The fraction of sp³-hybridized carbons (Fsp3) is 0.200. The third kappa shape index (κ3) is 4.75. The number of nitro benzene ring substituents is 1. The second-order valence-electron chi connectivity index (χ2n) is 3.83. The van der Waals surface area contributed by atoms with Gasteiger partial charge in [-0.2, -0.15) is 0 Å². The predicted octanol–water partition coefficient (Wildman–Crippen LogP) is 5.41. The van der Waals surface area contributed by atoms with Gasteiger partial charge < -0.3 is 5.43 Å². The zero-order valence-corrected chi connectivity index (χ0v) is 15.1. The van der Waals surface area contributed by atoms with Crippen molar-refractivity contribution >= 4 is 74.2 Å². The van der Waals surface area contributed by atoms with Crippen molar-refractivity contribution in [1.29, 1.82) is 0 Å². The van der Waals surface area contributed by atoms with Gasteiger partial charge in [0.1, 0.15) is 0 Å². The first kappa shape index (κ1) is 17.4. The van der Waals surface area contributed by atoms with Crippen LogP contribution < -0.4 is 5.43 Å². The van der Waals surface area contributed by atoms with Gasteiger partial charge in [0.15, 0.2) is 0 Å². The predicted molar refractivity (Wildman–Crippen MR) is 92.1 cm³/mol. The maximum atomic E-state index is 10.8. The van der Waals surface area contributed by atoms with Crippen LogP contribution in [0.4, 0.5) is 5.69 Å². The van der Waals surface area contributed by atoms with Crippen molar-refractivity contribution in [1.82, 2.24) is 9.25 Å². The van der Waals surface area contributed by atoms with Crippen molar-refractivity contribution < 1.29 is 4.92 Å². The molecule has 0 bridgehead atoms. The molecule has 21 heavy (non-hydrogen) atoms. The summed E-state index contributed by atoms with van der Waals surface area (Å²) in [5, 5.41) is 10.8. The van der Waals surface area contributed by atoms with Gasteiger partial charge in [-0.1, -0.05) is 38.6 Å². The molecule has 0 radical (unpaired) electrons. The van der Waals surface area contributed by atoms with E-state index < -0.39 is 8.72 Å². The molecule has 1 aromatic rings. The van der Waals surface area contributed by atoms with Crippen molar-refractivity contribution in [3.05, 3.63) is 45.0 Å². The molecule has 0 spiro atoms. The van der Waals surface area contributed by atoms with E-state index >= 15 is 0 Å². The quantitative estimate of drug-likeness (QED) is 0.237. The third-order valence-electron chi connectivity index (χ3n) is 2.27. The highest BCUT2D eigenvalue weighted by Gasteiger charge is 2.29. The van der Waals surface area contributed by atoms with Gasteiger partial charge in [0.05, 0.1) is 4.92 Å². The molecule has 1 aliphatic heterocycles. The molecule has 11 heteroatoms. The molecule has 0 aromatic heterocycles. The number of alkyl halides is 3. The number of allylic oxidation sites excluding steroid dienone is 1. The number of nitro groups is 1. The smallest absolute Gasteiger partial charge is 0.269 e. The van der Waals surface area contributed by atoms with Gasteiger partial charge in [-0.15, -0.1) is 0 Å². The van der Waals surface area contributed by atoms with Crippen LogP contribution in [0.25, 0.3) is 0 Å². The van der Waals surface area contributed by atoms with Crippen LogP contribution in [0.2, 0.25) is 0 Å². The van der Waals surface area contributed by atoms with Gasteiger partial charge in [-0.25, -0.2) is 0 Å². The maximum Gasteiger partial charge on any atom is 0.269 e. The monoisotopic (exact) mass is 403 g/mol. The zero-order chi connectivity index (χ0) is 15.6. The van der Waals surface area contributed by atoms with Gasteiger partial charge in [-0.3, -0.25) is 10.1 Å². The molecule has 1 aliphatic rings. The second kappa shape index (κ2) is 7.08. The molecule has 0 aliphatic carbocycles. The molecule has 5 nitrogen and oxygen atoms in total. The van der Waals surface area contributed by atoms with Crippen molar-refractivity contribution in [2.75, 3.05) is 0 Å². The maximum absolute atomic E-state index is 10.8. The highest BCUT2D eigenvalue weighted by atomic mass is 35.6. The average molecular weight is 405 g/mol. The topological polar surface area (TPSA) is 58.4 Å². The lowest BCUT2D eigenvalue weighted by atomic mass is 10.2. The summed E-state index contributed by atoms with van der Waals surface area (Å²) < 4.78 is 0.0955. The Morgan fingerprint density at radius 2 is 2.14 bits per heavy atom. The van der Waals surface area contributed by atoms with Crippen LogP contribution in [0.5, 0.6) is 0 Å². The Labute approximate surface area is 148 Å². The van der Waals surface area contributed by atoms with Gasteiger partial charge in [0.25, 0.3) is 5.69 Å². The SMILES string of the molecule is CC1=CNN(SSc2ccc([N+](=O)[O-])cc2C(Cl)(Cl)Cl)S1. The van der Waals surface area contributed by atoms with E-state index in [4.69, 9.17) is 34.8 Å². The average Bonchev–Trinajstić information content (AvgIpc) is 2.81. The molecular formula is C10H8Cl3N3O2S3. The van der Waals surface area contributed by atoms with E-state index in [2.05, 4.69) is 5.43 Å². The van der Waals surface area contributed by atoms with Crippen molar-refractivity contribution in [2.45, 2.75) is 15.6 Å². The molecule has 0 saturated heterocycles. The standard InChI is InChI=1S/C10H8Cl3N3O2S3/c1-6-5-14-16(19-6)21-20-9-3-2-7(15(17)18)4-8(9)10(11,12)13/h2-5,14H,1H3. The number of benzene rings is 1. The van der Waals surface area contributed by atoms with E-state index in [0.717, 1.165) is 4.91 Å². The minimum absolute atomic E-state index is 0.114. The zero-order valence-electron chi connectivity index (χ0n) is 10.4. The van der Waals surface area contributed by atoms with Gasteiger partial charge >= 0.3 is 0 Å². The van der Waals surface area contributed by atoms with Crippen LogP contribution in [0.1, 0.15) is 12.5 Å². The molecule has 0 saturated carbocycles. The first-order valence-corrected chi connectivity index (χ1v) is 9.40. The Morgan fingerprint density at radius 3 is 2.67 bits per heavy atom. The largest absolute Gasteiger partial charge is 0.305 e. The molecule has 0 unspecified atom stereocenters. The fourth-order valence-corrected chi connectivity index (χ4v) is 5.17. The van der Waals surface area contributed by atoms with E-state index in [1.807, 2.05) is 16.9 Å². The summed E-state index contributed by atoms with van der Waals surface area (Å²) in [6.45, 7) is 1.97. The lowest BCUT2D eigenvalue weighted by Gasteiger charge is -2.17. The number of nitrogens with zero attached hydrogens (tertiary/aromatic N) is 2. The number of nitrogens with one attached hydrogen (secondary N) is 1. The van der Waals surface area contributed by atoms with Gasteiger partial charge in [-0.05, 0) is 35.7 Å². The fourth-order valence-electron chi connectivity index (χ4n) is 1.36. The highest BCUT2D eigenvalue weighted by molar-refractivity contribution is 8.77. The second-order valence-corrected chi connectivity index (χ2v) is 9.60. The highest BCUT2D eigenvalue weighted by Crippen LogP contribution is 2.48. The Balaban J connectivity index is 2.16. The summed E-state index contributed by atoms with van der Waals surface area (Å²) in [7, 11) is 2.73. The molecule has 2 rings (SSSR count). The van der Waals surface area contributed by atoms with Crippen molar-refractivity contribution in [2.24, 2.45) is 0 Å². The molecular weight excluding hydrogens is 397 g/mol. The van der Waals surface area contributed by atoms with E-state index in [0.29, 0.717) is 4.90 Å². The number of hydrogen-bond donors (Lipinski definition) is 1. The summed E-state index contributed by atoms with van der Waals surface area (Å²) in [4.78, 5) is 12.1. The normalized spacial score (nSPS) is 15.7. The minimum Gasteiger partial charge on any atom is -0.305 e. The summed E-state index contributed by atoms with van der Waals surface area (Å²) in [6.07, 6.45) is 1.86. The van der Waals surface area contributed by atoms with Gasteiger partial charge in [0.2, 0.25) is 3.79 Å². The van der Waals surface area contributed by atoms with Crippen LogP contribution in [-0.2, 0) is 3.79 Å². The van der Waals surface area contributed by atoms with E-state index in [9.17, 15) is 10.1 Å². The van der Waals surface area contributed by atoms with Crippen LogP contribution in [0.3, 0.4) is 0 Å². The number of rotatable bonds is 4. The number of halogens is 3. The summed E-state index contributed by atoms with van der Waals surface area (Å²) in [5.41, 5.74) is 3.20. The Bertz CT molecular complexity index is 595. The van der Waals surface area contributed by atoms with E-state index in [-0.39, 0.29) is 11.3 Å². The first-order valence-electron chi connectivity index (χ1n) is 5.38. The van der Waals surface area contributed by atoms with Crippen LogP contribution in [-0.4, -0.2) is 8.74 Å². The Morgan fingerprint density at radius 1 is 1.43 bits per heavy atom.